The van der Waals surface area contributed by atoms with Crippen molar-refractivity contribution in [2.75, 3.05) is 31.9 Å². The Bertz CT molecular complexity index is 1460. The molecule has 0 atom stereocenters. The maximum Gasteiger partial charge on any atom is 0.260 e. The number of nitrogens with zero attached hydrogens (tertiary/aromatic N) is 7. The van der Waals surface area contributed by atoms with Gasteiger partial charge in [0.25, 0.3) is 5.91 Å². The molecule has 0 bridgehead atoms. The van der Waals surface area contributed by atoms with E-state index in [1.54, 1.807) is 35.6 Å². The number of aromatic nitrogens is 5. The zero-order valence-electron chi connectivity index (χ0n) is 21.6. The summed E-state index contributed by atoms with van der Waals surface area (Å²) in [7, 11) is 0. The predicted octanol–water partition coefficient (Wildman–Crippen LogP) is 3.34. The van der Waals surface area contributed by atoms with Crippen LogP contribution in [0.2, 0.25) is 0 Å². The quantitative estimate of drug-likeness (QED) is 0.402. The van der Waals surface area contributed by atoms with Gasteiger partial charge in [0.05, 0.1) is 11.0 Å². The smallest absolute Gasteiger partial charge is 0.260 e. The largest absolute Gasteiger partial charge is 0.508 e. The number of likely N-dealkylation sites (tertiary alicyclic amines) is 2. The molecule has 3 aromatic heterocycles. The lowest BCUT2D eigenvalue weighted by molar-refractivity contribution is -0.148. The molecule has 0 radical (unpaired) electrons. The van der Waals surface area contributed by atoms with Crippen molar-refractivity contribution >= 4 is 22.9 Å². The predicted molar refractivity (Wildman–Crippen MR) is 144 cm³/mol. The number of phenolic OH excluding ortho intramolecular Hbond substituents is 1. The average Bonchev–Trinajstić information content (AvgIpc) is 3.34. The summed E-state index contributed by atoms with van der Waals surface area (Å²) in [5.41, 5.74) is 6.95. The van der Waals surface area contributed by atoms with E-state index < -0.39 is 11.6 Å². The lowest BCUT2D eigenvalue weighted by atomic mass is 9.90. The Balaban J connectivity index is 1.13. The summed E-state index contributed by atoms with van der Waals surface area (Å²) in [6.07, 6.45) is 6.78. The molecule has 1 amide bonds. The van der Waals surface area contributed by atoms with E-state index in [0.717, 1.165) is 22.6 Å². The molecule has 0 saturated carbocycles. The van der Waals surface area contributed by atoms with Gasteiger partial charge in [-0.15, -0.1) is 0 Å². The first-order chi connectivity index (χ1) is 18.9. The Morgan fingerprint density at radius 1 is 1.05 bits per heavy atom. The van der Waals surface area contributed by atoms with Gasteiger partial charge >= 0.3 is 0 Å². The highest BCUT2D eigenvalue weighted by Gasteiger charge is 2.45. The SMILES string of the molecule is Nc1ncc(CN2CCC(F)(C(=O)N3CCC(n4c(-c5ccccn5)nc5cc(O)ccc54)CC3)CC2)cn1. The van der Waals surface area contributed by atoms with Gasteiger partial charge in [0.2, 0.25) is 5.95 Å². The molecule has 11 heteroatoms. The number of anilines is 1. The molecular weight excluding hydrogens is 499 g/mol. The van der Waals surface area contributed by atoms with E-state index in [2.05, 4.69) is 24.4 Å². The normalized spacial score (nSPS) is 18.4. The van der Waals surface area contributed by atoms with Gasteiger partial charge in [0.1, 0.15) is 11.4 Å². The van der Waals surface area contributed by atoms with Crippen molar-refractivity contribution in [2.45, 2.75) is 43.9 Å². The summed E-state index contributed by atoms with van der Waals surface area (Å²) in [5, 5.41) is 10.00. The Kier molecular flexibility index (Phi) is 6.59. The number of carbonyl (C=O) groups is 1. The molecule has 0 unspecified atom stereocenters. The number of piperidine rings is 2. The minimum atomic E-state index is -1.85. The lowest BCUT2D eigenvalue weighted by Crippen LogP contribution is -2.53. The molecule has 6 rings (SSSR count). The third-order valence-corrected chi connectivity index (χ3v) is 7.85. The molecule has 5 heterocycles. The summed E-state index contributed by atoms with van der Waals surface area (Å²) < 4.78 is 18.1. The summed E-state index contributed by atoms with van der Waals surface area (Å²) in [6, 6.07) is 10.9. The number of rotatable bonds is 5. The number of alkyl halides is 1. The maximum absolute atomic E-state index is 15.9. The fourth-order valence-corrected chi connectivity index (χ4v) is 5.73. The van der Waals surface area contributed by atoms with E-state index in [0.29, 0.717) is 51.1 Å². The minimum absolute atomic E-state index is 0.0696. The molecule has 0 aliphatic carbocycles. The first-order valence-electron chi connectivity index (χ1n) is 13.3. The first kappa shape index (κ1) is 25.2. The Morgan fingerprint density at radius 2 is 1.79 bits per heavy atom. The van der Waals surface area contributed by atoms with Crippen LogP contribution in [-0.4, -0.2) is 77.2 Å². The molecule has 2 saturated heterocycles. The Labute approximate surface area is 225 Å². The zero-order valence-corrected chi connectivity index (χ0v) is 21.6. The van der Waals surface area contributed by atoms with E-state index in [1.165, 1.54) is 0 Å². The van der Waals surface area contributed by atoms with Gasteiger partial charge < -0.3 is 20.3 Å². The van der Waals surface area contributed by atoms with Gasteiger partial charge in [-0.3, -0.25) is 14.7 Å². The fraction of sp³-hybridized carbons (Fsp3) is 0.393. The van der Waals surface area contributed by atoms with E-state index in [9.17, 15) is 9.90 Å². The van der Waals surface area contributed by atoms with Gasteiger partial charge in [-0.25, -0.2) is 19.3 Å². The van der Waals surface area contributed by atoms with Crippen molar-refractivity contribution in [3.05, 3.63) is 60.6 Å². The number of hydrogen-bond donors (Lipinski definition) is 2. The van der Waals surface area contributed by atoms with E-state index >= 15 is 4.39 Å². The number of halogens is 1. The summed E-state index contributed by atoms with van der Waals surface area (Å²) in [5.74, 6) is 0.702. The molecule has 202 valence electrons. The topological polar surface area (TPSA) is 126 Å². The van der Waals surface area contributed by atoms with Gasteiger partial charge in [-0.2, -0.15) is 0 Å². The monoisotopic (exact) mass is 530 g/mol. The number of nitrogens with two attached hydrogens (primary N) is 1. The molecule has 2 fully saturated rings. The van der Waals surface area contributed by atoms with Crippen LogP contribution in [0.25, 0.3) is 22.6 Å². The molecule has 1 aromatic carbocycles. The van der Waals surface area contributed by atoms with Crippen molar-refractivity contribution in [1.29, 1.82) is 0 Å². The number of aromatic hydroxyl groups is 1. The van der Waals surface area contributed by atoms with Crippen LogP contribution in [0.4, 0.5) is 10.3 Å². The molecule has 2 aliphatic heterocycles. The van der Waals surface area contributed by atoms with E-state index in [1.807, 2.05) is 24.3 Å². The number of amides is 1. The average molecular weight is 531 g/mol. The number of nitrogen functional groups attached to an aromatic ring is 1. The molecular formula is C28H31FN8O2. The van der Waals surface area contributed by atoms with Crippen LogP contribution in [0.1, 0.15) is 37.3 Å². The Morgan fingerprint density at radius 3 is 2.49 bits per heavy atom. The van der Waals surface area contributed by atoms with Crippen LogP contribution >= 0.6 is 0 Å². The number of fused-ring (bicyclic) bond motifs is 1. The minimum Gasteiger partial charge on any atom is -0.508 e. The third-order valence-electron chi connectivity index (χ3n) is 7.85. The van der Waals surface area contributed by atoms with Gasteiger partial charge in [-0.1, -0.05) is 6.07 Å². The number of phenols is 1. The van der Waals surface area contributed by atoms with Crippen molar-refractivity contribution in [1.82, 2.24) is 34.3 Å². The van der Waals surface area contributed by atoms with Crippen LogP contribution in [0.15, 0.2) is 55.0 Å². The standard InChI is InChI=1S/C28H31FN8O2/c29-28(8-13-35(14-9-28)18-19-16-32-27(30)33-17-19)26(39)36-11-6-20(7-12-36)37-24-5-4-21(38)15-23(24)34-25(37)22-3-1-2-10-31-22/h1-5,10,15-17,20,38H,6-9,11-14,18H2,(H2,30,32,33). The first-order valence-corrected chi connectivity index (χ1v) is 13.3. The lowest BCUT2D eigenvalue weighted by Gasteiger charge is -2.40. The van der Waals surface area contributed by atoms with Crippen molar-refractivity contribution in [2.24, 2.45) is 0 Å². The molecule has 39 heavy (non-hydrogen) atoms. The highest BCUT2D eigenvalue weighted by molar-refractivity contribution is 5.85. The molecule has 2 aliphatic rings. The zero-order chi connectivity index (χ0) is 27.0. The van der Waals surface area contributed by atoms with E-state index in [4.69, 9.17) is 10.7 Å². The second kappa shape index (κ2) is 10.2. The Hall–Kier alpha value is -4.12. The number of benzene rings is 1. The van der Waals surface area contributed by atoms with Crippen molar-refractivity contribution in [3.63, 3.8) is 0 Å². The second-order valence-electron chi connectivity index (χ2n) is 10.4. The summed E-state index contributed by atoms with van der Waals surface area (Å²) in [6.45, 7) is 2.53. The number of hydrogen-bond acceptors (Lipinski definition) is 8. The summed E-state index contributed by atoms with van der Waals surface area (Å²) >= 11 is 0. The van der Waals surface area contributed by atoms with Crippen LogP contribution < -0.4 is 5.73 Å². The number of carbonyl (C=O) groups excluding carboxylic acids is 1. The van der Waals surface area contributed by atoms with Crippen LogP contribution in [0, 0.1) is 0 Å². The fourth-order valence-electron chi connectivity index (χ4n) is 5.73. The maximum atomic E-state index is 15.9. The van der Waals surface area contributed by atoms with E-state index in [-0.39, 0.29) is 30.6 Å². The van der Waals surface area contributed by atoms with Gasteiger partial charge in [0, 0.05) is 81.8 Å². The number of pyridine rings is 1. The van der Waals surface area contributed by atoms with Crippen LogP contribution in [0.3, 0.4) is 0 Å². The second-order valence-corrected chi connectivity index (χ2v) is 10.4. The van der Waals surface area contributed by atoms with Crippen molar-refractivity contribution < 1.29 is 14.3 Å². The van der Waals surface area contributed by atoms with Crippen LogP contribution in [0.5, 0.6) is 5.75 Å². The highest BCUT2D eigenvalue weighted by Crippen LogP contribution is 2.36. The number of imidazole rings is 1. The molecule has 0 spiro atoms. The van der Waals surface area contributed by atoms with Crippen LogP contribution in [-0.2, 0) is 11.3 Å². The molecule has 10 nitrogen and oxygen atoms in total. The van der Waals surface area contributed by atoms with Gasteiger partial charge in [0.15, 0.2) is 11.5 Å². The van der Waals surface area contributed by atoms with Gasteiger partial charge in [-0.05, 0) is 37.1 Å². The highest BCUT2D eigenvalue weighted by atomic mass is 19.1. The molecule has 3 N–H and O–H groups in total. The third kappa shape index (κ3) is 5.01. The summed E-state index contributed by atoms with van der Waals surface area (Å²) in [4.78, 5) is 34.5. The van der Waals surface area contributed by atoms with Crippen molar-refractivity contribution in [3.8, 4) is 17.3 Å². The molecule has 4 aromatic rings.